The van der Waals surface area contributed by atoms with Gasteiger partial charge < -0.3 is 20.3 Å². The number of carboxylic acid groups (broad SMARTS) is 1. The summed E-state index contributed by atoms with van der Waals surface area (Å²) in [5, 5.41) is 14.6. The molecule has 2 aromatic carbocycles. The zero-order valence-corrected chi connectivity index (χ0v) is 21.3. The van der Waals surface area contributed by atoms with Gasteiger partial charge >= 0.3 is 5.97 Å². The monoisotopic (exact) mass is 486 g/mol. The summed E-state index contributed by atoms with van der Waals surface area (Å²) in [5.74, 6) is -1.26. The van der Waals surface area contributed by atoms with E-state index in [0.29, 0.717) is 29.9 Å². The van der Waals surface area contributed by atoms with E-state index in [4.69, 9.17) is 0 Å². The molecule has 2 aliphatic heterocycles. The lowest BCUT2D eigenvalue weighted by atomic mass is 9.81. The molecule has 1 amide bonds. The molecule has 3 N–H and O–H groups in total. The standard InChI is InChI=1S/C29H34N4O3/c1-18-13-32(14-19(2)30-18)15-20-8-7-9-21(12-20)27(34)33-16-23(28(35)36)26-25(29(3,4)17-33)22-10-5-6-11-24(22)31-26/h5-12,16,18-19,30-31H,13-15,17H2,1-4H3,(H,35,36). The first-order valence-corrected chi connectivity index (χ1v) is 12.6. The fourth-order valence-electron chi connectivity index (χ4n) is 5.91. The summed E-state index contributed by atoms with van der Waals surface area (Å²) in [6, 6.07) is 16.4. The number of H-pyrrole nitrogens is 1. The molecule has 2 atom stereocenters. The first-order valence-electron chi connectivity index (χ1n) is 12.6. The van der Waals surface area contributed by atoms with Crippen molar-refractivity contribution in [1.29, 1.82) is 0 Å². The Bertz CT molecular complexity index is 1350. The van der Waals surface area contributed by atoms with E-state index in [9.17, 15) is 14.7 Å². The number of fused-ring (bicyclic) bond motifs is 3. The average molecular weight is 487 g/mol. The van der Waals surface area contributed by atoms with E-state index in [-0.39, 0.29) is 11.5 Å². The molecule has 2 unspecified atom stereocenters. The van der Waals surface area contributed by atoms with E-state index in [1.54, 1.807) is 4.90 Å². The van der Waals surface area contributed by atoms with Crippen molar-refractivity contribution in [3.63, 3.8) is 0 Å². The molecule has 7 heteroatoms. The first-order chi connectivity index (χ1) is 17.1. The number of nitrogens with one attached hydrogen (secondary N) is 2. The zero-order valence-electron chi connectivity index (χ0n) is 21.3. The number of aromatic nitrogens is 1. The van der Waals surface area contributed by atoms with Crippen LogP contribution < -0.4 is 5.32 Å². The van der Waals surface area contributed by atoms with Crippen molar-refractivity contribution in [1.82, 2.24) is 20.1 Å². The van der Waals surface area contributed by atoms with Crippen LogP contribution in [0.4, 0.5) is 0 Å². The van der Waals surface area contributed by atoms with Gasteiger partial charge in [-0.25, -0.2) is 4.79 Å². The van der Waals surface area contributed by atoms with Crippen LogP contribution >= 0.6 is 0 Å². The Kier molecular flexibility index (Phi) is 6.22. The molecule has 1 aromatic heterocycles. The van der Waals surface area contributed by atoms with Crippen LogP contribution in [0, 0.1) is 0 Å². The summed E-state index contributed by atoms with van der Waals surface area (Å²) in [5.41, 5.74) is 3.67. The number of nitrogens with zero attached hydrogens (tertiary/aromatic N) is 2. The molecule has 3 heterocycles. The molecule has 0 aliphatic carbocycles. The van der Waals surface area contributed by atoms with Gasteiger partial charge in [-0.15, -0.1) is 0 Å². The van der Waals surface area contributed by atoms with E-state index in [0.717, 1.165) is 41.7 Å². The molecule has 7 nitrogen and oxygen atoms in total. The number of aliphatic carboxylic acids is 1. The number of benzene rings is 2. The van der Waals surface area contributed by atoms with Crippen molar-refractivity contribution in [2.75, 3.05) is 19.6 Å². The molecule has 5 rings (SSSR count). The van der Waals surface area contributed by atoms with Crippen LogP contribution in [-0.2, 0) is 16.8 Å². The number of carboxylic acids is 1. The number of piperazine rings is 1. The third kappa shape index (κ3) is 4.56. The van der Waals surface area contributed by atoms with Crippen LogP contribution in [-0.4, -0.2) is 63.5 Å². The Balaban J connectivity index is 1.47. The van der Waals surface area contributed by atoms with Gasteiger partial charge in [-0.1, -0.05) is 44.2 Å². The summed E-state index contributed by atoms with van der Waals surface area (Å²) in [6.07, 6.45) is 1.50. The maximum Gasteiger partial charge on any atom is 0.339 e. The number of amides is 1. The molecule has 1 saturated heterocycles. The van der Waals surface area contributed by atoms with Crippen LogP contribution in [0.2, 0.25) is 0 Å². The summed E-state index contributed by atoms with van der Waals surface area (Å²) < 4.78 is 0. The van der Waals surface area contributed by atoms with Crippen LogP contribution in [0.15, 0.2) is 54.7 Å². The molecule has 36 heavy (non-hydrogen) atoms. The SMILES string of the molecule is CC1CN(Cc2cccc(C(=O)N3C=C(C(=O)O)c4[nH]c5ccccc5c4C(C)(C)C3)c2)CC(C)N1. The molecule has 0 bridgehead atoms. The highest BCUT2D eigenvalue weighted by Gasteiger charge is 2.37. The van der Waals surface area contributed by atoms with Gasteiger partial charge in [0.15, 0.2) is 0 Å². The quantitative estimate of drug-likeness (QED) is 0.514. The Hall–Kier alpha value is -3.42. The molecule has 3 aromatic rings. The topological polar surface area (TPSA) is 88.7 Å². The predicted molar refractivity (Wildman–Crippen MR) is 142 cm³/mol. The van der Waals surface area contributed by atoms with E-state index < -0.39 is 11.4 Å². The van der Waals surface area contributed by atoms with Gasteiger partial charge in [-0.3, -0.25) is 9.69 Å². The highest BCUT2D eigenvalue weighted by atomic mass is 16.4. The zero-order chi connectivity index (χ0) is 25.6. The minimum atomic E-state index is -1.06. The highest BCUT2D eigenvalue weighted by Crippen LogP contribution is 2.40. The number of hydrogen-bond donors (Lipinski definition) is 3. The van der Waals surface area contributed by atoms with Crippen molar-refractivity contribution in [3.05, 3.63) is 77.1 Å². The van der Waals surface area contributed by atoms with Crippen LogP contribution in [0.5, 0.6) is 0 Å². The molecule has 0 radical (unpaired) electrons. The van der Waals surface area contributed by atoms with Crippen molar-refractivity contribution in [2.45, 2.75) is 51.7 Å². The predicted octanol–water partition coefficient (Wildman–Crippen LogP) is 4.21. The lowest BCUT2D eigenvalue weighted by molar-refractivity contribution is -0.130. The third-order valence-corrected chi connectivity index (χ3v) is 7.21. The smallest absolute Gasteiger partial charge is 0.339 e. The second-order valence-corrected chi connectivity index (χ2v) is 10.9. The van der Waals surface area contributed by atoms with E-state index in [1.165, 1.54) is 6.20 Å². The van der Waals surface area contributed by atoms with Crippen LogP contribution in [0.3, 0.4) is 0 Å². The van der Waals surface area contributed by atoms with Crippen molar-refractivity contribution < 1.29 is 14.7 Å². The van der Waals surface area contributed by atoms with Gasteiger partial charge in [-0.2, -0.15) is 0 Å². The van der Waals surface area contributed by atoms with E-state index >= 15 is 0 Å². The normalized spacial score (nSPS) is 22.1. The Labute approximate surface area is 211 Å². The van der Waals surface area contributed by atoms with Gasteiger partial charge in [0.25, 0.3) is 5.91 Å². The summed E-state index contributed by atoms with van der Waals surface area (Å²) >= 11 is 0. The van der Waals surface area contributed by atoms with Gasteiger partial charge in [0.2, 0.25) is 0 Å². The molecule has 0 spiro atoms. The Morgan fingerprint density at radius 3 is 2.50 bits per heavy atom. The Morgan fingerprint density at radius 1 is 1.06 bits per heavy atom. The lowest BCUT2D eigenvalue weighted by Crippen LogP contribution is -2.53. The van der Waals surface area contributed by atoms with Gasteiger partial charge in [0.1, 0.15) is 0 Å². The molecule has 188 valence electrons. The number of carbonyl (C=O) groups excluding carboxylic acids is 1. The van der Waals surface area contributed by atoms with E-state index in [1.807, 2.05) is 42.5 Å². The minimum Gasteiger partial charge on any atom is -0.478 e. The number of hydrogen-bond acceptors (Lipinski definition) is 4. The van der Waals surface area contributed by atoms with Gasteiger partial charge in [-0.05, 0) is 43.2 Å². The summed E-state index contributed by atoms with van der Waals surface area (Å²) in [4.78, 5) is 33.4. The molecule has 0 saturated carbocycles. The second-order valence-electron chi connectivity index (χ2n) is 10.9. The third-order valence-electron chi connectivity index (χ3n) is 7.21. The number of aromatic amines is 1. The lowest BCUT2D eigenvalue weighted by Gasteiger charge is -2.36. The minimum absolute atomic E-state index is 0.0973. The molecular formula is C29H34N4O3. The van der Waals surface area contributed by atoms with Gasteiger partial charge in [0, 0.05) is 66.3 Å². The number of rotatable bonds is 4. The van der Waals surface area contributed by atoms with Crippen LogP contribution in [0.25, 0.3) is 16.5 Å². The molecule has 2 aliphatic rings. The maximum atomic E-state index is 13.7. The van der Waals surface area contributed by atoms with Crippen LogP contribution in [0.1, 0.15) is 54.9 Å². The molecular weight excluding hydrogens is 452 g/mol. The first kappa shape index (κ1) is 24.3. The van der Waals surface area contributed by atoms with Crippen molar-refractivity contribution >= 4 is 28.4 Å². The van der Waals surface area contributed by atoms with Crippen molar-refractivity contribution in [2.24, 2.45) is 0 Å². The Morgan fingerprint density at radius 2 is 1.78 bits per heavy atom. The second kappa shape index (κ2) is 9.22. The average Bonchev–Trinajstić information content (AvgIpc) is 3.15. The highest BCUT2D eigenvalue weighted by molar-refractivity contribution is 6.17. The van der Waals surface area contributed by atoms with Gasteiger partial charge in [0.05, 0.1) is 11.3 Å². The maximum absolute atomic E-state index is 13.7. The number of para-hydroxylation sites is 1. The summed E-state index contributed by atoms with van der Waals surface area (Å²) in [6.45, 7) is 11.6. The number of carbonyl (C=O) groups is 2. The van der Waals surface area contributed by atoms with E-state index in [2.05, 4.69) is 49.0 Å². The largest absolute Gasteiger partial charge is 0.478 e. The van der Waals surface area contributed by atoms with Crippen molar-refractivity contribution in [3.8, 4) is 0 Å². The fourth-order valence-corrected chi connectivity index (χ4v) is 5.91. The molecule has 1 fully saturated rings. The summed E-state index contributed by atoms with van der Waals surface area (Å²) in [7, 11) is 0. The fraction of sp³-hybridized carbons (Fsp3) is 0.379.